The summed E-state index contributed by atoms with van der Waals surface area (Å²) < 4.78 is 46.1. The molecule has 0 bridgehead atoms. The number of hydrogen-bond donors (Lipinski definition) is 0. The highest BCUT2D eigenvalue weighted by molar-refractivity contribution is 5.66. The first kappa shape index (κ1) is 15.6. The number of pyridine rings is 1. The van der Waals surface area contributed by atoms with Gasteiger partial charge in [0.15, 0.2) is 6.61 Å². The second kappa shape index (κ2) is 6.35. The van der Waals surface area contributed by atoms with Crippen molar-refractivity contribution < 1.29 is 22.6 Å². The van der Waals surface area contributed by atoms with Crippen LogP contribution in [0.2, 0.25) is 0 Å². The van der Waals surface area contributed by atoms with Crippen molar-refractivity contribution in [3.8, 4) is 28.8 Å². The average Bonchev–Trinajstić information content (AvgIpc) is 2.52. The monoisotopic (exact) mass is 308 g/mol. The van der Waals surface area contributed by atoms with Crippen LogP contribution in [0.25, 0.3) is 11.1 Å². The van der Waals surface area contributed by atoms with Crippen LogP contribution in [-0.4, -0.2) is 24.9 Å². The highest BCUT2D eigenvalue weighted by Crippen LogP contribution is 2.28. The molecule has 0 amide bonds. The molecule has 1 aromatic heterocycles. The predicted molar refractivity (Wildman–Crippen MR) is 72.5 cm³/mol. The van der Waals surface area contributed by atoms with Gasteiger partial charge < -0.3 is 9.47 Å². The Hall–Kier alpha value is -2.75. The Morgan fingerprint density at radius 1 is 1.18 bits per heavy atom. The minimum absolute atomic E-state index is 0.0255. The van der Waals surface area contributed by atoms with E-state index in [4.69, 9.17) is 10.00 Å². The lowest BCUT2D eigenvalue weighted by Gasteiger charge is -2.11. The third-order valence-corrected chi connectivity index (χ3v) is 2.77. The molecule has 2 aromatic rings. The quantitative estimate of drug-likeness (QED) is 0.866. The number of benzene rings is 1. The van der Waals surface area contributed by atoms with Gasteiger partial charge in [0, 0.05) is 17.8 Å². The lowest BCUT2D eigenvalue weighted by Crippen LogP contribution is -2.19. The number of methoxy groups -OCH3 is 1. The Morgan fingerprint density at radius 3 is 2.45 bits per heavy atom. The van der Waals surface area contributed by atoms with Gasteiger partial charge in [0.2, 0.25) is 5.88 Å². The van der Waals surface area contributed by atoms with Crippen LogP contribution in [0.5, 0.6) is 11.6 Å². The molecule has 0 aliphatic carbocycles. The number of alkyl halides is 3. The molecule has 0 aliphatic rings. The molecule has 22 heavy (non-hydrogen) atoms. The maximum atomic E-state index is 12.2. The Balaban J connectivity index is 2.26. The minimum Gasteiger partial charge on any atom is -0.483 e. The molecule has 1 heterocycles. The van der Waals surface area contributed by atoms with E-state index in [1.54, 1.807) is 24.4 Å². The van der Waals surface area contributed by atoms with Crippen molar-refractivity contribution in [1.29, 1.82) is 5.26 Å². The molecule has 114 valence electrons. The molecule has 4 nitrogen and oxygen atoms in total. The highest BCUT2D eigenvalue weighted by Gasteiger charge is 2.28. The summed E-state index contributed by atoms with van der Waals surface area (Å²) in [5.41, 5.74) is 1.38. The van der Waals surface area contributed by atoms with Crippen molar-refractivity contribution >= 4 is 0 Å². The van der Waals surface area contributed by atoms with E-state index in [1.807, 2.05) is 6.07 Å². The van der Waals surface area contributed by atoms with E-state index in [-0.39, 0.29) is 11.3 Å². The van der Waals surface area contributed by atoms with E-state index in [1.165, 1.54) is 19.2 Å². The van der Waals surface area contributed by atoms with Crippen molar-refractivity contribution in [3.63, 3.8) is 0 Å². The van der Waals surface area contributed by atoms with Crippen molar-refractivity contribution in [2.75, 3.05) is 13.7 Å². The zero-order chi connectivity index (χ0) is 16.2. The summed E-state index contributed by atoms with van der Waals surface area (Å²) in [5.74, 6) is 0.333. The number of halogens is 3. The lowest BCUT2D eigenvalue weighted by molar-refractivity contribution is -0.153. The maximum Gasteiger partial charge on any atom is 0.422 e. The number of nitrogens with zero attached hydrogens (tertiary/aromatic N) is 2. The number of nitriles is 1. The molecule has 0 fully saturated rings. The van der Waals surface area contributed by atoms with E-state index in [9.17, 15) is 13.2 Å². The van der Waals surface area contributed by atoms with Gasteiger partial charge in [-0.2, -0.15) is 18.4 Å². The molecule has 2 rings (SSSR count). The largest absolute Gasteiger partial charge is 0.483 e. The van der Waals surface area contributed by atoms with Gasteiger partial charge in [-0.1, -0.05) is 6.07 Å². The predicted octanol–water partition coefficient (Wildman–Crippen LogP) is 3.57. The number of rotatable bonds is 4. The first-order chi connectivity index (χ1) is 10.4. The zero-order valence-corrected chi connectivity index (χ0v) is 11.5. The third-order valence-electron chi connectivity index (χ3n) is 2.77. The van der Waals surface area contributed by atoms with Gasteiger partial charge in [0.25, 0.3) is 0 Å². The molecular weight excluding hydrogens is 297 g/mol. The topological polar surface area (TPSA) is 55.1 Å². The van der Waals surface area contributed by atoms with Crippen molar-refractivity contribution in [3.05, 3.63) is 42.1 Å². The Labute approximate surface area is 124 Å². The third kappa shape index (κ3) is 3.88. The standard InChI is InChI=1S/C15H11F3N2O2/c1-21-14-5-3-11(8-20-14)10-2-4-13(12(6-10)7-19)22-9-15(16,17)18/h2-6,8H,9H2,1H3. The molecule has 1 aromatic carbocycles. The summed E-state index contributed by atoms with van der Waals surface area (Å²) in [4.78, 5) is 4.03. The second-order valence-electron chi connectivity index (χ2n) is 4.32. The van der Waals surface area contributed by atoms with Gasteiger partial charge in [0.05, 0.1) is 12.7 Å². The summed E-state index contributed by atoms with van der Waals surface area (Å²) in [7, 11) is 1.49. The summed E-state index contributed by atoms with van der Waals surface area (Å²) in [6.07, 6.45) is -2.91. The fourth-order valence-electron chi connectivity index (χ4n) is 1.75. The summed E-state index contributed by atoms with van der Waals surface area (Å²) in [5, 5.41) is 9.05. The molecule has 0 N–H and O–H groups in total. The van der Waals surface area contributed by atoms with E-state index in [2.05, 4.69) is 9.72 Å². The highest BCUT2D eigenvalue weighted by atomic mass is 19.4. The molecule has 0 spiro atoms. The Bertz CT molecular complexity index is 691. The molecule has 0 aliphatic heterocycles. The van der Waals surface area contributed by atoms with Crippen molar-refractivity contribution in [1.82, 2.24) is 4.98 Å². The van der Waals surface area contributed by atoms with Crippen LogP contribution in [0.15, 0.2) is 36.5 Å². The van der Waals surface area contributed by atoms with Gasteiger partial charge in [-0.25, -0.2) is 4.98 Å². The lowest BCUT2D eigenvalue weighted by atomic mass is 10.0. The van der Waals surface area contributed by atoms with Gasteiger partial charge >= 0.3 is 6.18 Å². The first-order valence-electron chi connectivity index (χ1n) is 6.17. The van der Waals surface area contributed by atoms with Crippen molar-refractivity contribution in [2.24, 2.45) is 0 Å². The summed E-state index contributed by atoms with van der Waals surface area (Å²) in [6, 6.07) is 9.57. The molecule has 0 saturated heterocycles. The molecule has 0 atom stereocenters. The number of hydrogen-bond acceptors (Lipinski definition) is 4. The molecular formula is C15H11F3N2O2. The van der Waals surface area contributed by atoms with Gasteiger partial charge in [-0.05, 0) is 23.8 Å². The maximum absolute atomic E-state index is 12.2. The fourth-order valence-corrected chi connectivity index (χ4v) is 1.75. The normalized spacial score (nSPS) is 10.9. The second-order valence-corrected chi connectivity index (χ2v) is 4.32. The smallest absolute Gasteiger partial charge is 0.422 e. The number of aromatic nitrogens is 1. The van der Waals surface area contributed by atoms with E-state index in [0.29, 0.717) is 17.0 Å². The van der Waals surface area contributed by atoms with Crippen LogP contribution in [-0.2, 0) is 0 Å². The molecule has 0 unspecified atom stereocenters. The van der Waals surface area contributed by atoms with Crippen LogP contribution >= 0.6 is 0 Å². The summed E-state index contributed by atoms with van der Waals surface area (Å²) in [6.45, 7) is -1.44. The Morgan fingerprint density at radius 2 is 1.91 bits per heavy atom. The van der Waals surface area contributed by atoms with Gasteiger partial charge in [0.1, 0.15) is 11.8 Å². The molecule has 0 radical (unpaired) electrons. The minimum atomic E-state index is -4.45. The molecule has 7 heteroatoms. The average molecular weight is 308 g/mol. The van der Waals surface area contributed by atoms with Crippen LogP contribution in [0.4, 0.5) is 13.2 Å². The molecule has 0 saturated carbocycles. The Kier molecular flexibility index (Phi) is 4.51. The van der Waals surface area contributed by atoms with Crippen LogP contribution in [0.3, 0.4) is 0 Å². The zero-order valence-electron chi connectivity index (χ0n) is 11.5. The van der Waals surface area contributed by atoms with E-state index in [0.717, 1.165) is 0 Å². The number of ether oxygens (including phenoxy) is 2. The SMILES string of the molecule is COc1ccc(-c2ccc(OCC(F)(F)F)c(C#N)c2)cn1. The van der Waals surface area contributed by atoms with E-state index < -0.39 is 12.8 Å². The first-order valence-corrected chi connectivity index (χ1v) is 6.17. The van der Waals surface area contributed by atoms with Gasteiger partial charge in [-0.3, -0.25) is 0 Å². The van der Waals surface area contributed by atoms with Crippen LogP contribution in [0.1, 0.15) is 5.56 Å². The fraction of sp³-hybridized carbons (Fsp3) is 0.200. The van der Waals surface area contributed by atoms with Gasteiger partial charge in [-0.15, -0.1) is 0 Å². The summed E-state index contributed by atoms with van der Waals surface area (Å²) >= 11 is 0. The van der Waals surface area contributed by atoms with Crippen LogP contribution in [0, 0.1) is 11.3 Å². The van der Waals surface area contributed by atoms with Crippen molar-refractivity contribution in [2.45, 2.75) is 6.18 Å². The van der Waals surface area contributed by atoms with Crippen LogP contribution < -0.4 is 9.47 Å². The van der Waals surface area contributed by atoms with E-state index >= 15 is 0 Å².